The number of rotatable bonds is 0. The van der Waals surface area contributed by atoms with Crippen LogP contribution in [0.2, 0.25) is 0 Å². The van der Waals surface area contributed by atoms with E-state index in [0.29, 0.717) is 0 Å². The first-order chi connectivity index (χ1) is 7.02. The highest BCUT2D eigenvalue weighted by Crippen LogP contribution is 2.13. The molecule has 0 fully saturated rings. The van der Waals surface area contributed by atoms with E-state index in [4.69, 9.17) is 5.11 Å². The van der Waals surface area contributed by atoms with Gasteiger partial charge in [-0.1, -0.05) is 17.7 Å². The first-order valence-corrected chi connectivity index (χ1v) is 5.55. The average molecular weight is 324 g/mol. The van der Waals surface area contributed by atoms with E-state index in [-0.39, 0.29) is 0 Å². The molecule has 0 amide bonds. The number of hydrogen-bond donors (Lipinski definition) is 1. The van der Waals surface area contributed by atoms with Crippen molar-refractivity contribution in [1.82, 2.24) is 0 Å². The lowest BCUT2D eigenvalue weighted by molar-refractivity contribution is 0.399. The summed E-state index contributed by atoms with van der Waals surface area (Å²) in [6, 6.07) is 4.45. The minimum Gasteiger partial charge on any atom is -0.400 e. The molecule has 3 heteroatoms. The van der Waals surface area contributed by atoms with Crippen molar-refractivity contribution < 1.29 is 8.17 Å². The summed E-state index contributed by atoms with van der Waals surface area (Å²) in [5.74, 6) is 0. The van der Waals surface area contributed by atoms with Crippen molar-refractivity contribution in [2.75, 3.05) is 14.2 Å². The second kappa shape index (κ2) is 10.4. The zero-order valence-corrected chi connectivity index (χ0v) is 12.5. The summed E-state index contributed by atoms with van der Waals surface area (Å²) in [6.07, 6.45) is 0. The van der Waals surface area contributed by atoms with Crippen LogP contribution in [0.4, 0.5) is 0 Å². The van der Waals surface area contributed by atoms with E-state index in [1.54, 1.807) is 30.1 Å². The second-order valence-electron chi connectivity index (χ2n) is 3.18. The molecule has 2 nitrogen and oxygen atoms in total. The highest BCUT2D eigenvalue weighted by molar-refractivity contribution is 14.1. The third-order valence-electron chi connectivity index (χ3n) is 2.07. The Morgan fingerprint density at radius 2 is 1.27 bits per heavy atom. The zero-order valence-electron chi connectivity index (χ0n) is 10.4. The predicted molar refractivity (Wildman–Crippen MR) is 74.6 cm³/mol. The molecular weight excluding hydrogens is 303 g/mol. The van der Waals surface area contributed by atoms with E-state index < -0.39 is 0 Å². The van der Waals surface area contributed by atoms with Gasteiger partial charge in [-0.15, -0.1) is 0 Å². The van der Waals surface area contributed by atoms with E-state index in [9.17, 15) is 0 Å². The number of benzene rings is 1. The van der Waals surface area contributed by atoms with Crippen molar-refractivity contribution in [2.24, 2.45) is 0 Å². The Labute approximate surface area is 107 Å². The summed E-state index contributed by atoms with van der Waals surface area (Å²) in [5, 5.41) is 7.00. The van der Waals surface area contributed by atoms with Crippen molar-refractivity contribution in [3.05, 3.63) is 34.4 Å². The molecule has 0 saturated heterocycles. The SMILES string of the molecule is CO.COI.Cc1cc(C)c(C)c(C)c1. The molecule has 1 aromatic carbocycles. The van der Waals surface area contributed by atoms with Gasteiger partial charge in [0.15, 0.2) is 0 Å². The second-order valence-corrected chi connectivity index (χ2v) is 4.06. The molecule has 15 heavy (non-hydrogen) atoms. The number of aliphatic hydroxyl groups excluding tert-OH is 1. The standard InChI is InChI=1S/C10H14.CH3IO.CH4O/c1-7-5-8(2)10(4)9(3)6-7;1-3-2;1-2/h5-6H,1-4H3;1H3;2H,1H3. The van der Waals surface area contributed by atoms with Crippen LogP contribution in [0, 0.1) is 27.7 Å². The summed E-state index contributed by atoms with van der Waals surface area (Å²) in [5.41, 5.74) is 5.58. The van der Waals surface area contributed by atoms with Crippen LogP contribution in [-0.2, 0) is 3.07 Å². The van der Waals surface area contributed by atoms with Crippen molar-refractivity contribution >= 4 is 23.0 Å². The molecule has 0 bridgehead atoms. The number of aliphatic hydroxyl groups is 1. The molecule has 1 rings (SSSR count). The summed E-state index contributed by atoms with van der Waals surface area (Å²) in [4.78, 5) is 0. The van der Waals surface area contributed by atoms with Gasteiger partial charge in [0.05, 0.1) is 0 Å². The van der Waals surface area contributed by atoms with Gasteiger partial charge in [-0.05, 0) is 44.4 Å². The Kier molecular flexibility index (Phi) is 12.0. The fraction of sp³-hybridized carbons (Fsp3) is 0.500. The third kappa shape index (κ3) is 7.76. The van der Waals surface area contributed by atoms with Crippen molar-refractivity contribution in [2.45, 2.75) is 27.7 Å². The molecule has 0 aliphatic heterocycles. The molecule has 0 atom stereocenters. The van der Waals surface area contributed by atoms with Crippen LogP contribution in [0.1, 0.15) is 22.3 Å². The Hall–Kier alpha value is -0.130. The molecular formula is C12H21IO2. The quantitative estimate of drug-likeness (QED) is 0.740. The van der Waals surface area contributed by atoms with Gasteiger partial charge in [-0.3, -0.25) is 0 Å². The van der Waals surface area contributed by atoms with E-state index in [0.717, 1.165) is 7.11 Å². The van der Waals surface area contributed by atoms with Gasteiger partial charge < -0.3 is 8.17 Å². The van der Waals surface area contributed by atoms with E-state index in [1.165, 1.54) is 22.3 Å². The molecule has 1 aromatic rings. The summed E-state index contributed by atoms with van der Waals surface area (Å²) >= 11 is 1.79. The lowest BCUT2D eigenvalue weighted by Gasteiger charge is -2.04. The van der Waals surface area contributed by atoms with Crippen LogP contribution in [0.3, 0.4) is 0 Å². The topological polar surface area (TPSA) is 29.5 Å². The minimum absolute atomic E-state index is 1.00. The molecule has 0 aliphatic carbocycles. The molecule has 0 heterocycles. The first-order valence-electron chi connectivity index (χ1n) is 4.66. The van der Waals surface area contributed by atoms with Crippen molar-refractivity contribution in [3.8, 4) is 0 Å². The van der Waals surface area contributed by atoms with Gasteiger partial charge in [-0.2, -0.15) is 0 Å². The number of halogens is 1. The fourth-order valence-corrected chi connectivity index (χ4v) is 1.25. The molecule has 0 spiro atoms. The molecule has 88 valence electrons. The van der Waals surface area contributed by atoms with E-state index in [2.05, 4.69) is 42.9 Å². The van der Waals surface area contributed by atoms with Crippen LogP contribution in [0.25, 0.3) is 0 Å². The summed E-state index contributed by atoms with van der Waals surface area (Å²) in [6.45, 7) is 8.63. The molecule has 1 N–H and O–H groups in total. The average Bonchev–Trinajstić information content (AvgIpc) is 2.18. The maximum atomic E-state index is 7.00. The van der Waals surface area contributed by atoms with Gasteiger partial charge in [0.2, 0.25) is 0 Å². The van der Waals surface area contributed by atoms with Crippen molar-refractivity contribution in [1.29, 1.82) is 0 Å². The van der Waals surface area contributed by atoms with Gasteiger partial charge in [0, 0.05) is 14.2 Å². The fourth-order valence-electron chi connectivity index (χ4n) is 1.25. The van der Waals surface area contributed by atoms with Crippen LogP contribution in [-0.4, -0.2) is 19.3 Å². The van der Waals surface area contributed by atoms with E-state index in [1.807, 2.05) is 0 Å². The summed E-state index contributed by atoms with van der Waals surface area (Å²) in [7, 11) is 2.61. The van der Waals surface area contributed by atoms with E-state index >= 15 is 0 Å². The molecule has 0 radical (unpaired) electrons. The molecule has 0 unspecified atom stereocenters. The predicted octanol–water partition coefficient (Wildman–Crippen LogP) is 3.51. The first kappa shape index (κ1) is 17.3. The molecule has 0 aliphatic rings. The van der Waals surface area contributed by atoms with Crippen LogP contribution in [0.15, 0.2) is 12.1 Å². The highest BCUT2D eigenvalue weighted by atomic mass is 127. The maximum Gasteiger partial charge on any atom is 0.109 e. The monoisotopic (exact) mass is 324 g/mol. The Morgan fingerprint density at radius 3 is 1.53 bits per heavy atom. The number of hydrogen-bond acceptors (Lipinski definition) is 2. The zero-order chi connectivity index (χ0) is 12.4. The van der Waals surface area contributed by atoms with Crippen LogP contribution in [0.5, 0.6) is 0 Å². The van der Waals surface area contributed by atoms with Gasteiger partial charge in [0.1, 0.15) is 23.0 Å². The Balaban J connectivity index is 0. The van der Waals surface area contributed by atoms with Gasteiger partial charge in [0.25, 0.3) is 0 Å². The largest absolute Gasteiger partial charge is 0.400 e. The van der Waals surface area contributed by atoms with Crippen LogP contribution < -0.4 is 0 Å². The normalized spacial score (nSPS) is 8.27. The third-order valence-corrected chi connectivity index (χ3v) is 2.07. The van der Waals surface area contributed by atoms with Crippen LogP contribution >= 0.6 is 23.0 Å². The Bertz CT molecular complexity index is 249. The van der Waals surface area contributed by atoms with Gasteiger partial charge >= 0.3 is 0 Å². The lowest BCUT2D eigenvalue weighted by atomic mass is 10.0. The van der Waals surface area contributed by atoms with Crippen molar-refractivity contribution in [3.63, 3.8) is 0 Å². The lowest BCUT2D eigenvalue weighted by Crippen LogP contribution is -1.86. The maximum absolute atomic E-state index is 7.00. The molecule has 0 saturated carbocycles. The minimum atomic E-state index is 1.00. The smallest absolute Gasteiger partial charge is 0.109 e. The summed E-state index contributed by atoms with van der Waals surface area (Å²) < 4.78 is 4.22. The highest BCUT2D eigenvalue weighted by Gasteiger charge is 1.95. The van der Waals surface area contributed by atoms with Gasteiger partial charge in [-0.25, -0.2) is 0 Å². The molecule has 0 aromatic heterocycles. The number of aryl methyl sites for hydroxylation is 3. The Morgan fingerprint density at radius 1 is 1.00 bits per heavy atom.